The molecule has 1 aromatic rings. The van der Waals surface area contributed by atoms with Gasteiger partial charge in [0, 0.05) is 19.3 Å². The fourth-order valence-electron chi connectivity index (χ4n) is 3.60. The van der Waals surface area contributed by atoms with Gasteiger partial charge in [0.2, 0.25) is 0 Å². The van der Waals surface area contributed by atoms with E-state index in [2.05, 4.69) is 5.10 Å². The molecule has 1 N–H and O–H groups in total. The summed E-state index contributed by atoms with van der Waals surface area (Å²) < 4.78 is 41.3. The number of nitrogens with zero attached hydrogens (tertiary/aromatic N) is 3. The molecule has 1 aliphatic heterocycles. The Morgan fingerprint density at radius 1 is 1.29 bits per heavy atom. The molecule has 132 valence electrons. The molecular weight excluding hydrogens is 327 g/mol. The first-order chi connectivity index (χ1) is 11.3. The average molecular weight is 345 g/mol. The number of carbonyl (C=O) groups excluding carboxylic acids is 1. The number of carboxylic acids is 1. The predicted molar refractivity (Wildman–Crippen MR) is 76.4 cm³/mol. The molecule has 6 nitrogen and oxygen atoms in total. The van der Waals surface area contributed by atoms with E-state index in [1.807, 2.05) is 0 Å². The fraction of sp³-hybridized carbons (Fsp3) is 0.667. The van der Waals surface area contributed by atoms with Crippen molar-refractivity contribution in [3.05, 3.63) is 18.0 Å². The zero-order chi connectivity index (χ0) is 17.5. The lowest BCUT2D eigenvalue weighted by Crippen LogP contribution is -2.47. The van der Waals surface area contributed by atoms with Crippen molar-refractivity contribution in [2.24, 2.45) is 5.41 Å². The van der Waals surface area contributed by atoms with Gasteiger partial charge in [-0.25, -0.2) is 0 Å². The first-order valence-electron chi connectivity index (χ1n) is 7.89. The molecule has 0 radical (unpaired) electrons. The zero-order valence-corrected chi connectivity index (χ0v) is 12.9. The molecule has 2 fully saturated rings. The lowest BCUT2D eigenvalue weighted by molar-refractivity contribution is -0.227. The minimum absolute atomic E-state index is 0.0772. The Morgan fingerprint density at radius 2 is 1.96 bits per heavy atom. The molecule has 2 heterocycles. The van der Waals surface area contributed by atoms with E-state index < -0.39 is 36.4 Å². The van der Waals surface area contributed by atoms with Crippen LogP contribution < -0.4 is 0 Å². The lowest BCUT2D eigenvalue weighted by atomic mass is 9.86. The van der Waals surface area contributed by atoms with Crippen LogP contribution in [-0.2, 0) is 4.79 Å². The van der Waals surface area contributed by atoms with E-state index >= 15 is 0 Å². The Kier molecular flexibility index (Phi) is 4.05. The first-order valence-corrected chi connectivity index (χ1v) is 7.89. The van der Waals surface area contributed by atoms with Gasteiger partial charge < -0.3 is 10.0 Å². The number of amides is 1. The second-order valence-electron chi connectivity index (χ2n) is 6.46. The maximum absolute atomic E-state index is 13.2. The molecular formula is C15H18F3N3O3. The van der Waals surface area contributed by atoms with Crippen LogP contribution in [0.4, 0.5) is 13.2 Å². The van der Waals surface area contributed by atoms with Crippen LogP contribution in [0.1, 0.15) is 48.6 Å². The third-order valence-corrected chi connectivity index (χ3v) is 5.07. The van der Waals surface area contributed by atoms with Gasteiger partial charge in [-0.3, -0.25) is 14.3 Å². The summed E-state index contributed by atoms with van der Waals surface area (Å²) in [5.74, 6) is -2.53. The quantitative estimate of drug-likeness (QED) is 0.913. The van der Waals surface area contributed by atoms with E-state index in [0.29, 0.717) is 0 Å². The summed E-state index contributed by atoms with van der Waals surface area (Å²) in [6, 6.07) is 1.56. The van der Waals surface area contributed by atoms with Crippen molar-refractivity contribution in [1.82, 2.24) is 14.7 Å². The molecule has 0 spiro atoms. The van der Waals surface area contributed by atoms with Crippen LogP contribution in [0.5, 0.6) is 0 Å². The number of hydrogen-bond donors (Lipinski definition) is 1. The molecule has 1 aromatic heterocycles. The molecule has 1 atom stereocenters. The zero-order valence-electron chi connectivity index (χ0n) is 12.9. The Bertz CT molecular complexity index is 652. The average Bonchev–Trinajstić information content (AvgIpc) is 3.24. The van der Waals surface area contributed by atoms with Gasteiger partial charge in [-0.05, 0) is 25.3 Å². The SMILES string of the molecule is O=C(c1ccnn1C1CCCC1)N1CCC(C(=O)O)(C(F)(F)F)C1. The maximum Gasteiger partial charge on any atom is 0.406 e. The summed E-state index contributed by atoms with van der Waals surface area (Å²) in [4.78, 5) is 24.8. The second-order valence-corrected chi connectivity index (χ2v) is 6.46. The molecule has 0 bridgehead atoms. The van der Waals surface area contributed by atoms with Gasteiger partial charge >= 0.3 is 12.1 Å². The van der Waals surface area contributed by atoms with E-state index in [-0.39, 0.29) is 18.3 Å². The Morgan fingerprint density at radius 3 is 2.50 bits per heavy atom. The van der Waals surface area contributed by atoms with Crippen molar-refractivity contribution in [3.63, 3.8) is 0 Å². The van der Waals surface area contributed by atoms with Crippen LogP contribution in [0.3, 0.4) is 0 Å². The number of carbonyl (C=O) groups is 2. The molecule has 2 aliphatic rings. The summed E-state index contributed by atoms with van der Waals surface area (Å²) in [6.45, 7) is -1.10. The van der Waals surface area contributed by atoms with E-state index in [9.17, 15) is 22.8 Å². The standard InChI is InChI=1S/C15H18F3N3O3/c16-15(17,18)14(13(23)24)6-8-20(9-14)12(22)11-5-7-19-21(11)10-3-1-2-4-10/h5,7,10H,1-4,6,8-9H2,(H,23,24). The molecule has 24 heavy (non-hydrogen) atoms. The van der Waals surface area contributed by atoms with Crippen LogP contribution >= 0.6 is 0 Å². The molecule has 3 rings (SSSR count). The van der Waals surface area contributed by atoms with Gasteiger partial charge in [0.05, 0.1) is 6.04 Å². The highest BCUT2D eigenvalue weighted by Gasteiger charge is 2.64. The lowest BCUT2D eigenvalue weighted by Gasteiger charge is -2.27. The number of hydrogen-bond acceptors (Lipinski definition) is 3. The number of aliphatic carboxylic acids is 1. The Hall–Kier alpha value is -2.06. The predicted octanol–water partition coefficient (Wildman–Crippen LogP) is 2.48. The third-order valence-electron chi connectivity index (χ3n) is 5.07. The van der Waals surface area contributed by atoms with Gasteiger partial charge in [-0.15, -0.1) is 0 Å². The minimum atomic E-state index is -4.90. The van der Waals surface area contributed by atoms with Crippen molar-refractivity contribution in [2.45, 2.75) is 44.3 Å². The van der Waals surface area contributed by atoms with E-state index in [4.69, 9.17) is 5.11 Å². The topological polar surface area (TPSA) is 75.4 Å². The molecule has 1 unspecified atom stereocenters. The van der Waals surface area contributed by atoms with Gasteiger partial charge in [0.25, 0.3) is 5.91 Å². The Balaban J connectivity index is 1.83. The van der Waals surface area contributed by atoms with Crippen LogP contribution in [0.15, 0.2) is 12.3 Å². The Labute approximate surface area is 136 Å². The number of alkyl halides is 3. The minimum Gasteiger partial charge on any atom is -0.481 e. The second kappa shape index (κ2) is 5.78. The number of likely N-dealkylation sites (tertiary alicyclic amines) is 1. The van der Waals surface area contributed by atoms with Gasteiger partial charge in [-0.2, -0.15) is 18.3 Å². The van der Waals surface area contributed by atoms with Crippen LogP contribution in [0.2, 0.25) is 0 Å². The van der Waals surface area contributed by atoms with Crippen molar-refractivity contribution >= 4 is 11.9 Å². The van der Waals surface area contributed by atoms with E-state index in [1.165, 1.54) is 12.3 Å². The summed E-state index contributed by atoms with van der Waals surface area (Å²) in [7, 11) is 0. The van der Waals surface area contributed by atoms with Crippen LogP contribution in [0.25, 0.3) is 0 Å². The number of halogens is 3. The maximum atomic E-state index is 13.2. The third kappa shape index (κ3) is 2.55. The van der Waals surface area contributed by atoms with Crippen molar-refractivity contribution in [3.8, 4) is 0 Å². The normalized spacial score (nSPS) is 25.4. The largest absolute Gasteiger partial charge is 0.481 e. The first kappa shape index (κ1) is 16.8. The summed E-state index contributed by atoms with van der Waals surface area (Å²) in [5, 5.41) is 13.2. The number of aromatic nitrogens is 2. The summed E-state index contributed by atoms with van der Waals surface area (Å²) >= 11 is 0. The molecule has 1 amide bonds. The molecule has 9 heteroatoms. The van der Waals surface area contributed by atoms with Crippen LogP contribution in [0, 0.1) is 5.41 Å². The van der Waals surface area contributed by atoms with E-state index in [0.717, 1.165) is 30.6 Å². The smallest absolute Gasteiger partial charge is 0.406 e. The summed E-state index contributed by atoms with van der Waals surface area (Å²) in [6.07, 6.45) is -0.270. The number of rotatable bonds is 3. The highest BCUT2D eigenvalue weighted by molar-refractivity contribution is 5.93. The highest BCUT2D eigenvalue weighted by atomic mass is 19.4. The molecule has 1 saturated heterocycles. The van der Waals surface area contributed by atoms with Crippen molar-refractivity contribution in [2.75, 3.05) is 13.1 Å². The fourth-order valence-corrected chi connectivity index (χ4v) is 3.60. The van der Waals surface area contributed by atoms with Crippen LogP contribution in [-0.4, -0.2) is 50.9 Å². The van der Waals surface area contributed by atoms with Gasteiger partial charge in [0.15, 0.2) is 5.41 Å². The van der Waals surface area contributed by atoms with Gasteiger partial charge in [-0.1, -0.05) is 12.8 Å². The highest BCUT2D eigenvalue weighted by Crippen LogP contribution is 2.46. The molecule has 0 aromatic carbocycles. The number of carboxylic acid groups (broad SMARTS) is 1. The summed E-state index contributed by atoms with van der Waals surface area (Å²) in [5.41, 5.74) is -2.66. The van der Waals surface area contributed by atoms with Crippen molar-refractivity contribution in [1.29, 1.82) is 0 Å². The monoisotopic (exact) mass is 345 g/mol. The van der Waals surface area contributed by atoms with Crippen molar-refractivity contribution < 1.29 is 27.9 Å². The molecule has 1 aliphatic carbocycles. The molecule has 1 saturated carbocycles. The van der Waals surface area contributed by atoms with E-state index in [1.54, 1.807) is 4.68 Å². The van der Waals surface area contributed by atoms with Gasteiger partial charge in [0.1, 0.15) is 5.69 Å².